The van der Waals surface area contributed by atoms with E-state index >= 15 is 0 Å². The molecule has 0 amide bonds. The topological polar surface area (TPSA) is 85.2 Å². The van der Waals surface area contributed by atoms with Crippen molar-refractivity contribution in [1.82, 2.24) is 4.90 Å². The van der Waals surface area contributed by atoms with E-state index < -0.39 is 0 Å². The van der Waals surface area contributed by atoms with Gasteiger partial charge in [-0.15, -0.1) is 0 Å². The molecule has 7 nitrogen and oxygen atoms in total. The van der Waals surface area contributed by atoms with Gasteiger partial charge in [0.05, 0.1) is 33.1 Å². The maximum absolute atomic E-state index is 5.99. The second kappa shape index (κ2) is 8.26. The maximum atomic E-state index is 5.99. The fourth-order valence-electron chi connectivity index (χ4n) is 2.27. The van der Waals surface area contributed by atoms with Crippen molar-refractivity contribution in [2.75, 3.05) is 40.2 Å². The molecule has 2 rings (SSSR count). The molecule has 0 spiro atoms. The summed E-state index contributed by atoms with van der Waals surface area (Å²) >= 11 is 0. The molecule has 3 N–H and O–H groups in total. The minimum Gasteiger partial charge on any atom is -0.493 e. The van der Waals surface area contributed by atoms with Crippen molar-refractivity contribution in [1.29, 1.82) is 0 Å². The molecule has 2 aromatic rings. The smallest absolute Gasteiger partial charge is 0.193 e. The minimum absolute atomic E-state index is 0.0192. The molecular formula is C17H24N4O3. The van der Waals surface area contributed by atoms with Gasteiger partial charge in [0.1, 0.15) is 5.76 Å². The Kier molecular flexibility index (Phi) is 6.08. The predicted octanol–water partition coefficient (Wildman–Crippen LogP) is 2.33. The summed E-state index contributed by atoms with van der Waals surface area (Å²) in [7, 11) is 7.13. The van der Waals surface area contributed by atoms with E-state index in [0.717, 1.165) is 11.4 Å². The lowest BCUT2D eigenvalue weighted by Crippen LogP contribution is -2.27. The first-order valence-corrected chi connectivity index (χ1v) is 7.54. The molecule has 7 heteroatoms. The number of rotatable bonds is 7. The first kappa shape index (κ1) is 17.7. The first-order valence-electron chi connectivity index (χ1n) is 7.54. The zero-order valence-electron chi connectivity index (χ0n) is 14.4. The average molecular weight is 332 g/mol. The highest BCUT2D eigenvalue weighted by atomic mass is 16.5. The van der Waals surface area contributed by atoms with Crippen LogP contribution in [0.4, 0.5) is 5.69 Å². The van der Waals surface area contributed by atoms with Gasteiger partial charge in [-0.2, -0.15) is 0 Å². The van der Waals surface area contributed by atoms with Crippen LogP contribution in [0.25, 0.3) is 0 Å². The standard InChI is InChI=1S/C17H24N4O3/c1-21(2)13(14-6-5-9-24-14)11-19-17(18)20-12-7-8-15(22-3)16(10-12)23-4/h5-10,13H,11H2,1-4H3,(H3,18,19,20). The number of hydrogen-bond donors (Lipinski definition) is 2. The largest absolute Gasteiger partial charge is 0.493 e. The van der Waals surface area contributed by atoms with Crippen LogP contribution in [-0.4, -0.2) is 45.7 Å². The second-order valence-corrected chi connectivity index (χ2v) is 5.42. The van der Waals surface area contributed by atoms with E-state index in [2.05, 4.69) is 10.3 Å². The molecule has 1 heterocycles. The van der Waals surface area contributed by atoms with Gasteiger partial charge in [-0.3, -0.25) is 9.89 Å². The molecule has 130 valence electrons. The van der Waals surface area contributed by atoms with Crippen molar-refractivity contribution in [2.45, 2.75) is 6.04 Å². The van der Waals surface area contributed by atoms with E-state index in [1.807, 2.05) is 37.2 Å². The lowest BCUT2D eigenvalue weighted by molar-refractivity contribution is 0.265. The number of nitrogens with zero attached hydrogens (tertiary/aromatic N) is 2. The molecule has 0 radical (unpaired) electrons. The van der Waals surface area contributed by atoms with Gasteiger partial charge >= 0.3 is 0 Å². The fourth-order valence-corrected chi connectivity index (χ4v) is 2.27. The number of guanidine groups is 1. The van der Waals surface area contributed by atoms with Crippen LogP contribution in [0.2, 0.25) is 0 Å². The molecule has 0 saturated heterocycles. The lowest BCUT2D eigenvalue weighted by Gasteiger charge is -2.20. The molecule has 0 aliphatic rings. The summed E-state index contributed by atoms with van der Waals surface area (Å²) in [5, 5.41) is 3.05. The molecule has 1 aromatic heterocycles. The quantitative estimate of drug-likeness (QED) is 0.598. The van der Waals surface area contributed by atoms with E-state index in [9.17, 15) is 0 Å². The number of ether oxygens (including phenoxy) is 2. The number of nitrogens with one attached hydrogen (secondary N) is 1. The molecule has 1 unspecified atom stereocenters. The van der Waals surface area contributed by atoms with E-state index in [1.54, 1.807) is 32.6 Å². The van der Waals surface area contributed by atoms with Crippen molar-refractivity contribution in [2.24, 2.45) is 10.7 Å². The second-order valence-electron chi connectivity index (χ2n) is 5.42. The number of methoxy groups -OCH3 is 2. The van der Waals surface area contributed by atoms with Gasteiger partial charge in [-0.05, 0) is 38.4 Å². The third-order valence-electron chi connectivity index (χ3n) is 3.59. The monoisotopic (exact) mass is 332 g/mol. The number of anilines is 1. The van der Waals surface area contributed by atoms with Crippen LogP contribution in [0.1, 0.15) is 11.8 Å². The Morgan fingerprint density at radius 3 is 2.58 bits per heavy atom. The number of furan rings is 1. The highest BCUT2D eigenvalue weighted by molar-refractivity contribution is 5.92. The summed E-state index contributed by atoms with van der Waals surface area (Å²) in [6.07, 6.45) is 1.65. The van der Waals surface area contributed by atoms with Gasteiger partial charge in [0.2, 0.25) is 0 Å². The number of likely N-dealkylation sites (N-methyl/N-ethyl adjacent to an activating group) is 1. The van der Waals surface area contributed by atoms with Crippen molar-refractivity contribution in [3.05, 3.63) is 42.4 Å². The molecule has 0 fully saturated rings. The molecular weight excluding hydrogens is 308 g/mol. The van der Waals surface area contributed by atoms with Crippen LogP contribution < -0.4 is 20.5 Å². The Labute approximate surface area is 142 Å². The Hall–Kier alpha value is -2.67. The number of hydrogen-bond acceptors (Lipinski definition) is 5. The van der Waals surface area contributed by atoms with Gasteiger partial charge in [-0.25, -0.2) is 0 Å². The Morgan fingerprint density at radius 2 is 2.00 bits per heavy atom. The number of benzene rings is 1. The van der Waals surface area contributed by atoms with Gasteiger partial charge in [0.15, 0.2) is 17.5 Å². The summed E-state index contributed by atoms with van der Waals surface area (Å²) in [4.78, 5) is 6.44. The Bertz CT molecular complexity index is 668. The summed E-state index contributed by atoms with van der Waals surface area (Å²) in [6, 6.07) is 9.26. The normalized spacial score (nSPS) is 13.0. The summed E-state index contributed by atoms with van der Waals surface area (Å²) in [6.45, 7) is 0.479. The molecule has 1 atom stereocenters. The SMILES string of the molecule is COc1ccc(NC(N)=NCC(c2ccco2)N(C)C)cc1OC. The predicted molar refractivity (Wildman–Crippen MR) is 94.8 cm³/mol. The van der Waals surface area contributed by atoms with Crippen molar-refractivity contribution >= 4 is 11.6 Å². The Balaban J connectivity index is 2.05. The molecule has 0 saturated carbocycles. The van der Waals surface area contributed by atoms with Crippen LogP contribution in [0, 0.1) is 0 Å². The molecule has 0 bridgehead atoms. The van der Waals surface area contributed by atoms with Gasteiger partial charge < -0.3 is 24.9 Å². The van der Waals surface area contributed by atoms with Crippen LogP contribution in [-0.2, 0) is 0 Å². The first-order chi connectivity index (χ1) is 11.5. The summed E-state index contributed by atoms with van der Waals surface area (Å²) in [5.74, 6) is 2.45. The van der Waals surface area contributed by atoms with E-state index in [4.69, 9.17) is 19.6 Å². The minimum atomic E-state index is 0.0192. The fraction of sp³-hybridized carbons (Fsp3) is 0.353. The van der Waals surface area contributed by atoms with Crippen molar-refractivity contribution < 1.29 is 13.9 Å². The summed E-state index contributed by atoms with van der Waals surface area (Å²) in [5.41, 5.74) is 6.76. The van der Waals surface area contributed by atoms with Gasteiger partial charge in [0.25, 0.3) is 0 Å². The van der Waals surface area contributed by atoms with E-state index in [1.165, 1.54) is 0 Å². The highest BCUT2D eigenvalue weighted by Crippen LogP contribution is 2.29. The molecule has 0 aliphatic heterocycles. The van der Waals surface area contributed by atoms with Gasteiger partial charge in [-0.1, -0.05) is 0 Å². The van der Waals surface area contributed by atoms with Crippen molar-refractivity contribution in [3.8, 4) is 11.5 Å². The molecule has 24 heavy (non-hydrogen) atoms. The zero-order valence-corrected chi connectivity index (χ0v) is 14.4. The van der Waals surface area contributed by atoms with Crippen molar-refractivity contribution in [3.63, 3.8) is 0 Å². The van der Waals surface area contributed by atoms with E-state index in [0.29, 0.717) is 24.0 Å². The van der Waals surface area contributed by atoms with Gasteiger partial charge in [0, 0.05) is 11.8 Å². The zero-order chi connectivity index (χ0) is 17.5. The molecule has 0 aliphatic carbocycles. The van der Waals surface area contributed by atoms with Crippen LogP contribution >= 0.6 is 0 Å². The lowest BCUT2D eigenvalue weighted by atomic mass is 10.2. The van der Waals surface area contributed by atoms with E-state index in [-0.39, 0.29) is 6.04 Å². The third-order valence-corrected chi connectivity index (χ3v) is 3.59. The maximum Gasteiger partial charge on any atom is 0.193 e. The third kappa shape index (κ3) is 4.42. The van der Waals surface area contributed by atoms with Crippen LogP contribution in [0.15, 0.2) is 46.0 Å². The Morgan fingerprint density at radius 1 is 1.25 bits per heavy atom. The van der Waals surface area contributed by atoms with Crippen LogP contribution in [0.5, 0.6) is 11.5 Å². The van der Waals surface area contributed by atoms with Crippen LogP contribution in [0.3, 0.4) is 0 Å². The number of nitrogens with two attached hydrogens (primary N) is 1. The highest BCUT2D eigenvalue weighted by Gasteiger charge is 2.16. The summed E-state index contributed by atoms with van der Waals surface area (Å²) < 4.78 is 15.9. The number of aliphatic imine (C=N–C) groups is 1. The molecule has 1 aromatic carbocycles. The average Bonchev–Trinajstić information content (AvgIpc) is 3.08.